The van der Waals surface area contributed by atoms with Crippen LogP contribution in [-0.4, -0.2) is 48.3 Å². The SMILES string of the molecule is CNCC1CCCN1Cc1nc(-c2ccc(OC)cc2)no1. The lowest BCUT2D eigenvalue weighted by Gasteiger charge is -2.22. The third-order valence-corrected chi connectivity index (χ3v) is 4.09. The molecule has 0 spiro atoms. The van der Waals surface area contributed by atoms with Gasteiger partial charge in [-0.1, -0.05) is 5.16 Å². The number of aromatic nitrogens is 2. The van der Waals surface area contributed by atoms with E-state index in [1.165, 1.54) is 12.8 Å². The Labute approximate surface area is 130 Å². The molecule has 1 fully saturated rings. The molecule has 2 aromatic rings. The van der Waals surface area contributed by atoms with Gasteiger partial charge in [-0.3, -0.25) is 4.90 Å². The molecule has 1 saturated heterocycles. The van der Waals surface area contributed by atoms with Crippen LogP contribution in [0, 0.1) is 0 Å². The molecule has 2 heterocycles. The highest BCUT2D eigenvalue weighted by molar-refractivity contribution is 5.55. The lowest BCUT2D eigenvalue weighted by Crippen LogP contribution is -2.36. The molecule has 0 bridgehead atoms. The molecular weight excluding hydrogens is 280 g/mol. The molecule has 22 heavy (non-hydrogen) atoms. The first kappa shape index (κ1) is 15.0. The van der Waals surface area contributed by atoms with Crippen LogP contribution in [0.2, 0.25) is 0 Å². The maximum absolute atomic E-state index is 5.41. The van der Waals surface area contributed by atoms with Crippen molar-refractivity contribution in [3.63, 3.8) is 0 Å². The number of nitrogens with zero attached hydrogens (tertiary/aromatic N) is 3. The summed E-state index contributed by atoms with van der Waals surface area (Å²) in [6, 6.07) is 8.23. The molecule has 1 atom stereocenters. The number of ether oxygens (including phenoxy) is 1. The molecule has 118 valence electrons. The van der Waals surface area contributed by atoms with Crippen LogP contribution in [0.4, 0.5) is 0 Å². The number of hydrogen-bond acceptors (Lipinski definition) is 6. The maximum atomic E-state index is 5.41. The third-order valence-electron chi connectivity index (χ3n) is 4.09. The van der Waals surface area contributed by atoms with Crippen molar-refractivity contribution in [3.05, 3.63) is 30.2 Å². The fourth-order valence-electron chi connectivity index (χ4n) is 2.92. The Hall–Kier alpha value is -1.92. The number of benzene rings is 1. The fourth-order valence-corrected chi connectivity index (χ4v) is 2.92. The monoisotopic (exact) mass is 302 g/mol. The Morgan fingerprint density at radius 2 is 2.18 bits per heavy atom. The topological polar surface area (TPSA) is 63.4 Å². The molecule has 0 aliphatic carbocycles. The molecular formula is C16H22N4O2. The number of nitrogens with one attached hydrogen (secondary N) is 1. The normalized spacial score (nSPS) is 18.7. The summed E-state index contributed by atoms with van der Waals surface area (Å²) in [6.07, 6.45) is 2.45. The van der Waals surface area contributed by atoms with Crippen molar-refractivity contribution in [2.75, 3.05) is 27.2 Å². The van der Waals surface area contributed by atoms with Gasteiger partial charge in [0.25, 0.3) is 0 Å². The zero-order chi connectivity index (χ0) is 15.4. The van der Waals surface area contributed by atoms with Crippen molar-refractivity contribution in [1.82, 2.24) is 20.4 Å². The third kappa shape index (κ3) is 3.28. The van der Waals surface area contributed by atoms with E-state index in [2.05, 4.69) is 20.4 Å². The van der Waals surface area contributed by atoms with E-state index < -0.39 is 0 Å². The Kier molecular flexibility index (Phi) is 4.70. The van der Waals surface area contributed by atoms with E-state index in [1.54, 1.807) is 7.11 Å². The van der Waals surface area contributed by atoms with Crippen LogP contribution in [0.25, 0.3) is 11.4 Å². The Bertz CT molecular complexity index is 596. The first-order valence-corrected chi connectivity index (χ1v) is 7.66. The highest BCUT2D eigenvalue weighted by Crippen LogP contribution is 2.22. The highest BCUT2D eigenvalue weighted by Gasteiger charge is 2.25. The van der Waals surface area contributed by atoms with Crippen molar-refractivity contribution in [1.29, 1.82) is 0 Å². The molecule has 6 heteroatoms. The van der Waals surface area contributed by atoms with Gasteiger partial charge < -0.3 is 14.6 Å². The van der Waals surface area contributed by atoms with Gasteiger partial charge in [-0.25, -0.2) is 0 Å². The molecule has 6 nitrogen and oxygen atoms in total. The molecule has 1 aliphatic heterocycles. The quantitative estimate of drug-likeness (QED) is 0.879. The second-order valence-corrected chi connectivity index (χ2v) is 5.56. The highest BCUT2D eigenvalue weighted by atomic mass is 16.5. The second-order valence-electron chi connectivity index (χ2n) is 5.56. The summed E-state index contributed by atoms with van der Waals surface area (Å²) in [5.41, 5.74) is 0.934. The molecule has 1 aromatic heterocycles. The van der Waals surface area contributed by atoms with Gasteiger partial charge in [0, 0.05) is 18.2 Å². The number of likely N-dealkylation sites (tertiary alicyclic amines) is 1. The van der Waals surface area contributed by atoms with Crippen LogP contribution in [0.15, 0.2) is 28.8 Å². The van der Waals surface area contributed by atoms with Gasteiger partial charge in [-0.2, -0.15) is 4.98 Å². The van der Waals surface area contributed by atoms with Gasteiger partial charge in [-0.05, 0) is 50.7 Å². The minimum atomic E-state index is 0.557. The van der Waals surface area contributed by atoms with Gasteiger partial charge in [0.2, 0.25) is 11.7 Å². The smallest absolute Gasteiger partial charge is 0.241 e. The molecule has 3 rings (SSSR count). The number of rotatable bonds is 6. The Morgan fingerprint density at radius 1 is 1.36 bits per heavy atom. The average Bonchev–Trinajstić information content (AvgIpc) is 3.18. The van der Waals surface area contributed by atoms with E-state index in [4.69, 9.17) is 9.26 Å². The van der Waals surface area contributed by atoms with Gasteiger partial charge in [0.1, 0.15) is 5.75 Å². The minimum absolute atomic E-state index is 0.557. The van der Waals surface area contributed by atoms with Crippen molar-refractivity contribution in [3.8, 4) is 17.1 Å². The molecule has 1 unspecified atom stereocenters. The maximum Gasteiger partial charge on any atom is 0.241 e. The predicted molar refractivity (Wildman–Crippen MR) is 83.6 cm³/mol. The number of methoxy groups -OCH3 is 1. The number of likely N-dealkylation sites (N-methyl/N-ethyl adjacent to an activating group) is 1. The van der Waals surface area contributed by atoms with Gasteiger partial charge in [-0.15, -0.1) is 0 Å². The van der Waals surface area contributed by atoms with E-state index in [-0.39, 0.29) is 0 Å². The zero-order valence-corrected chi connectivity index (χ0v) is 13.1. The molecule has 0 saturated carbocycles. The molecule has 1 aliphatic rings. The van der Waals surface area contributed by atoms with E-state index in [0.717, 1.165) is 30.9 Å². The van der Waals surface area contributed by atoms with Gasteiger partial charge in [0.05, 0.1) is 13.7 Å². The summed E-state index contributed by atoms with van der Waals surface area (Å²) < 4.78 is 10.6. The minimum Gasteiger partial charge on any atom is -0.497 e. The largest absolute Gasteiger partial charge is 0.497 e. The van der Waals surface area contributed by atoms with Crippen LogP contribution in [0.3, 0.4) is 0 Å². The lowest BCUT2D eigenvalue weighted by atomic mass is 10.2. The summed E-state index contributed by atoms with van der Waals surface area (Å²) >= 11 is 0. The predicted octanol–water partition coefficient (Wildman–Crippen LogP) is 1.93. The Morgan fingerprint density at radius 3 is 2.91 bits per heavy atom. The summed E-state index contributed by atoms with van der Waals surface area (Å²) in [6.45, 7) is 2.81. The van der Waals surface area contributed by atoms with E-state index in [9.17, 15) is 0 Å². The van der Waals surface area contributed by atoms with Crippen molar-refractivity contribution < 1.29 is 9.26 Å². The summed E-state index contributed by atoms with van der Waals surface area (Å²) in [4.78, 5) is 6.92. The summed E-state index contributed by atoms with van der Waals surface area (Å²) in [7, 11) is 3.64. The summed E-state index contributed by atoms with van der Waals surface area (Å²) in [5.74, 6) is 2.12. The number of hydrogen-bond donors (Lipinski definition) is 1. The Balaban J connectivity index is 1.68. The van der Waals surface area contributed by atoms with E-state index in [0.29, 0.717) is 17.8 Å². The van der Waals surface area contributed by atoms with Crippen LogP contribution >= 0.6 is 0 Å². The van der Waals surface area contributed by atoms with Crippen molar-refractivity contribution in [2.45, 2.75) is 25.4 Å². The van der Waals surface area contributed by atoms with Crippen LogP contribution in [-0.2, 0) is 6.54 Å². The van der Waals surface area contributed by atoms with Gasteiger partial charge in [0.15, 0.2) is 0 Å². The average molecular weight is 302 g/mol. The standard InChI is InChI=1S/C16H22N4O2/c1-17-10-13-4-3-9-20(13)11-15-18-16(19-22-15)12-5-7-14(21-2)8-6-12/h5-8,13,17H,3-4,9-11H2,1-2H3. The summed E-state index contributed by atoms with van der Waals surface area (Å²) in [5, 5.41) is 7.33. The van der Waals surface area contributed by atoms with Crippen molar-refractivity contribution in [2.24, 2.45) is 0 Å². The van der Waals surface area contributed by atoms with E-state index in [1.807, 2.05) is 31.3 Å². The molecule has 1 aromatic carbocycles. The second kappa shape index (κ2) is 6.89. The molecule has 0 radical (unpaired) electrons. The van der Waals surface area contributed by atoms with E-state index >= 15 is 0 Å². The fraction of sp³-hybridized carbons (Fsp3) is 0.500. The van der Waals surface area contributed by atoms with Gasteiger partial charge >= 0.3 is 0 Å². The van der Waals surface area contributed by atoms with Crippen LogP contribution < -0.4 is 10.1 Å². The van der Waals surface area contributed by atoms with Crippen LogP contribution in [0.5, 0.6) is 5.75 Å². The first-order valence-electron chi connectivity index (χ1n) is 7.66. The first-order chi connectivity index (χ1) is 10.8. The van der Waals surface area contributed by atoms with Crippen LogP contribution in [0.1, 0.15) is 18.7 Å². The molecule has 0 amide bonds. The van der Waals surface area contributed by atoms with Crippen molar-refractivity contribution >= 4 is 0 Å². The lowest BCUT2D eigenvalue weighted by molar-refractivity contribution is 0.209. The molecule has 1 N–H and O–H groups in total. The zero-order valence-electron chi connectivity index (χ0n) is 13.1.